The second-order valence-electron chi connectivity index (χ2n) is 9.35. The van der Waals surface area contributed by atoms with Crippen LogP contribution in [0.15, 0.2) is 89.3 Å². The fourth-order valence-electron chi connectivity index (χ4n) is 5.53. The van der Waals surface area contributed by atoms with Crippen molar-refractivity contribution in [2.24, 2.45) is 5.92 Å². The number of hydrogen-bond donors (Lipinski definition) is 1. The standard InChI is InChI=1S/C30H29N3O2.ClH/c1-2-26-31-27-24-15-9-10-16-25(24)35-28(27)29(32-26)33-19-17-23(18-20-33)30(34,21-11-5-3-6-12-21)22-13-7-4-8-14-22;/h3-16,23,34H,2,17-20H2,1H3;1H. The van der Waals surface area contributed by atoms with Crippen molar-refractivity contribution in [1.82, 2.24) is 9.97 Å². The van der Waals surface area contributed by atoms with Crippen LogP contribution >= 0.6 is 12.4 Å². The lowest BCUT2D eigenvalue weighted by atomic mass is 9.72. The summed E-state index contributed by atoms with van der Waals surface area (Å²) in [5, 5.41) is 13.2. The van der Waals surface area contributed by atoms with Gasteiger partial charge < -0.3 is 14.4 Å². The zero-order valence-corrected chi connectivity index (χ0v) is 21.1. The Morgan fingerprint density at radius 2 is 1.44 bits per heavy atom. The number of furan rings is 1. The molecule has 0 spiro atoms. The van der Waals surface area contributed by atoms with Crippen LogP contribution in [0.4, 0.5) is 5.82 Å². The highest BCUT2D eigenvalue weighted by atomic mass is 35.5. The predicted octanol–water partition coefficient (Wildman–Crippen LogP) is 6.51. The third-order valence-electron chi connectivity index (χ3n) is 7.38. The molecule has 5 nitrogen and oxygen atoms in total. The van der Waals surface area contributed by atoms with Crippen molar-refractivity contribution in [3.8, 4) is 0 Å². The van der Waals surface area contributed by atoms with E-state index in [4.69, 9.17) is 14.4 Å². The maximum Gasteiger partial charge on any atom is 0.196 e. The van der Waals surface area contributed by atoms with Gasteiger partial charge >= 0.3 is 0 Å². The SMILES string of the molecule is CCc1nc(N2CCC(C(O)(c3ccccc3)c3ccccc3)CC2)c2oc3ccccc3c2n1.Cl. The summed E-state index contributed by atoms with van der Waals surface area (Å²) in [5.41, 5.74) is 3.32. The third kappa shape index (κ3) is 4.02. The van der Waals surface area contributed by atoms with Gasteiger partial charge in [-0.05, 0) is 42.0 Å². The number of anilines is 1. The first-order valence-electron chi connectivity index (χ1n) is 12.4. The number of aryl methyl sites for hydroxylation is 1. The van der Waals surface area contributed by atoms with Crippen LogP contribution in [0.5, 0.6) is 0 Å². The second kappa shape index (κ2) is 9.92. The Balaban J connectivity index is 0.00000267. The number of rotatable bonds is 5. The summed E-state index contributed by atoms with van der Waals surface area (Å²) < 4.78 is 6.25. The minimum Gasteiger partial charge on any atom is -0.450 e. The van der Waals surface area contributed by atoms with Gasteiger partial charge in [0, 0.05) is 24.9 Å². The number of halogens is 1. The fraction of sp³-hybridized carbons (Fsp3) is 0.267. The molecule has 2 aromatic heterocycles. The molecule has 0 amide bonds. The molecular weight excluding hydrogens is 470 g/mol. The highest BCUT2D eigenvalue weighted by Crippen LogP contribution is 2.43. The summed E-state index contributed by atoms with van der Waals surface area (Å²) in [7, 11) is 0. The van der Waals surface area contributed by atoms with Crippen LogP contribution in [0.2, 0.25) is 0 Å². The summed E-state index contributed by atoms with van der Waals surface area (Å²) in [6.07, 6.45) is 2.45. The first kappa shape index (κ1) is 24.3. The number of nitrogens with zero attached hydrogens (tertiary/aromatic N) is 3. The summed E-state index contributed by atoms with van der Waals surface area (Å²) >= 11 is 0. The Bertz CT molecular complexity index is 1420. The van der Waals surface area contributed by atoms with Gasteiger partial charge in [-0.15, -0.1) is 12.4 Å². The van der Waals surface area contributed by atoms with Crippen LogP contribution in [0.25, 0.3) is 22.1 Å². The van der Waals surface area contributed by atoms with Gasteiger partial charge in [0.1, 0.15) is 22.5 Å². The van der Waals surface area contributed by atoms with Crippen molar-refractivity contribution in [1.29, 1.82) is 0 Å². The van der Waals surface area contributed by atoms with Crippen LogP contribution in [0.3, 0.4) is 0 Å². The highest BCUT2D eigenvalue weighted by Gasteiger charge is 2.42. The summed E-state index contributed by atoms with van der Waals surface area (Å²) in [6, 6.07) is 28.2. The van der Waals surface area contributed by atoms with E-state index < -0.39 is 5.60 Å². The first-order chi connectivity index (χ1) is 17.2. The number of piperidine rings is 1. The van der Waals surface area contributed by atoms with Crippen LogP contribution in [0.1, 0.15) is 36.7 Å². The normalized spacial score (nSPS) is 14.8. The van der Waals surface area contributed by atoms with E-state index >= 15 is 0 Å². The molecule has 6 heteroatoms. The first-order valence-corrected chi connectivity index (χ1v) is 12.4. The maximum absolute atomic E-state index is 12.2. The van der Waals surface area contributed by atoms with Gasteiger partial charge in [-0.1, -0.05) is 79.7 Å². The van der Waals surface area contributed by atoms with Crippen LogP contribution in [-0.4, -0.2) is 28.2 Å². The molecule has 1 fully saturated rings. The van der Waals surface area contributed by atoms with Crippen molar-refractivity contribution in [2.75, 3.05) is 18.0 Å². The summed E-state index contributed by atoms with van der Waals surface area (Å²) in [6.45, 7) is 3.66. The molecule has 1 aliphatic heterocycles. The molecule has 6 rings (SSSR count). The molecule has 1 N–H and O–H groups in total. The minimum atomic E-state index is -1.04. The molecule has 1 aliphatic rings. The maximum atomic E-state index is 12.2. The number of fused-ring (bicyclic) bond motifs is 3. The average Bonchev–Trinajstić information content (AvgIpc) is 3.32. The third-order valence-corrected chi connectivity index (χ3v) is 7.38. The molecule has 0 unspecified atom stereocenters. The Morgan fingerprint density at radius 3 is 2.06 bits per heavy atom. The minimum absolute atomic E-state index is 0. The van der Waals surface area contributed by atoms with Crippen molar-refractivity contribution in [2.45, 2.75) is 31.8 Å². The van der Waals surface area contributed by atoms with Crippen molar-refractivity contribution in [3.05, 3.63) is 102 Å². The van der Waals surface area contributed by atoms with Gasteiger partial charge in [0.2, 0.25) is 0 Å². The van der Waals surface area contributed by atoms with Crippen molar-refractivity contribution >= 4 is 40.3 Å². The molecule has 0 aliphatic carbocycles. The van der Waals surface area contributed by atoms with E-state index in [9.17, 15) is 5.11 Å². The quantitative estimate of drug-likeness (QED) is 0.298. The van der Waals surface area contributed by atoms with E-state index in [0.717, 1.165) is 77.2 Å². The molecule has 5 aromatic rings. The Morgan fingerprint density at radius 1 is 0.861 bits per heavy atom. The van der Waals surface area contributed by atoms with E-state index in [1.807, 2.05) is 78.9 Å². The Kier molecular flexibility index (Phi) is 6.69. The summed E-state index contributed by atoms with van der Waals surface area (Å²) in [4.78, 5) is 12.0. The zero-order chi connectivity index (χ0) is 23.8. The molecule has 0 saturated carbocycles. The van der Waals surface area contributed by atoms with E-state index in [0.29, 0.717) is 0 Å². The van der Waals surface area contributed by atoms with E-state index in [2.05, 4.69) is 17.9 Å². The lowest BCUT2D eigenvalue weighted by Crippen LogP contribution is -2.44. The molecule has 1 saturated heterocycles. The van der Waals surface area contributed by atoms with Gasteiger partial charge in [-0.2, -0.15) is 0 Å². The number of para-hydroxylation sites is 1. The monoisotopic (exact) mass is 499 g/mol. The Hall–Kier alpha value is -3.41. The van der Waals surface area contributed by atoms with Crippen molar-refractivity contribution < 1.29 is 9.52 Å². The van der Waals surface area contributed by atoms with Crippen molar-refractivity contribution in [3.63, 3.8) is 0 Å². The number of aromatic nitrogens is 2. The zero-order valence-electron chi connectivity index (χ0n) is 20.3. The van der Waals surface area contributed by atoms with Gasteiger partial charge in [-0.25, -0.2) is 9.97 Å². The molecule has 0 bridgehead atoms. The lowest BCUT2D eigenvalue weighted by Gasteiger charge is -2.42. The summed E-state index contributed by atoms with van der Waals surface area (Å²) in [5.74, 6) is 1.78. The number of hydrogen-bond acceptors (Lipinski definition) is 5. The van der Waals surface area contributed by atoms with Crippen LogP contribution in [0, 0.1) is 5.92 Å². The molecule has 0 radical (unpaired) electrons. The molecule has 3 heterocycles. The average molecular weight is 500 g/mol. The van der Waals surface area contributed by atoms with Crippen LogP contribution in [-0.2, 0) is 12.0 Å². The van der Waals surface area contributed by atoms with Gasteiger partial charge in [0.25, 0.3) is 0 Å². The van der Waals surface area contributed by atoms with E-state index in [1.165, 1.54) is 0 Å². The van der Waals surface area contributed by atoms with Gasteiger partial charge in [0.05, 0.1) is 0 Å². The number of aliphatic hydroxyl groups is 1. The highest BCUT2D eigenvalue weighted by molar-refractivity contribution is 6.05. The molecule has 3 aromatic carbocycles. The Labute approximate surface area is 217 Å². The largest absolute Gasteiger partial charge is 0.450 e. The van der Waals surface area contributed by atoms with Gasteiger partial charge in [0.15, 0.2) is 11.4 Å². The number of benzene rings is 3. The van der Waals surface area contributed by atoms with E-state index in [1.54, 1.807) is 0 Å². The second-order valence-corrected chi connectivity index (χ2v) is 9.35. The smallest absolute Gasteiger partial charge is 0.196 e. The molecule has 36 heavy (non-hydrogen) atoms. The molecular formula is C30H30ClN3O2. The lowest BCUT2D eigenvalue weighted by molar-refractivity contribution is 0.00501. The fourth-order valence-corrected chi connectivity index (χ4v) is 5.53. The van der Waals surface area contributed by atoms with Gasteiger partial charge in [-0.3, -0.25) is 0 Å². The van der Waals surface area contributed by atoms with E-state index in [-0.39, 0.29) is 18.3 Å². The predicted molar refractivity (Wildman–Crippen MR) is 147 cm³/mol. The molecule has 0 atom stereocenters. The van der Waals surface area contributed by atoms with Crippen LogP contribution < -0.4 is 4.90 Å². The molecule has 184 valence electrons. The topological polar surface area (TPSA) is 62.4 Å².